The molecule has 0 spiro atoms. The standard InChI is InChI=1S/C32H39N3O6S/c1-23-12-8-9-13-25(23)21-34(24(2)32(37)33-26-14-10-11-15-26)31(36)22-35(42(38,39)28-16-6-5-7-17-28)27-18-19-29(40-3)30(20-27)41-4/h5-9,12-13,16-20,24,26H,10-11,14-15,21-22H2,1-4H3,(H,33,37)/t24-/m0/s1. The molecule has 2 amide bonds. The first-order valence-corrected chi connectivity index (χ1v) is 15.5. The van der Waals surface area contributed by atoms with Gasteiger partial charge in [-0.2, -0.15) is 0 Å². The Morgan fingerprint density at radius 3 is 2.21 bits per heavy atom. The highest BCUT2D eigenvalue weighted by atomic mass is 32.2. The van der Waals surface area contributed by atoms with Crippen molar-refractivity contribution >= 4 is 27.5 Å². The van der Waals surface area contributed by atoms with Crippen LogP contribution in [0.1, 0.15) is 43.7 Å². The number of methoxy groups -OCH3 is 2. The number of carbonyl (C=O) groups excluding carboxylic acids is 2. The highest BCUT2D eigenvalue weighted by Gasteiger charge is 2.34. The Morgan fingerprint density at radius 2 is 1.57 bits per heavy atom. The molecule has 42 heavy (non-hydrogen) atoms. The molecule has 0 saturated heterocycles. The maximum Gasteiger partial charge on any atom is 0.264 e. The Bertz CT molecular complexity index is 1490. The van der Waals surface area contributed by atoms with E-state index in [1.807, 2.05) is 31.2 Å². The normalized spacial score (nSPS) is 14.2. The van der Waals surface area contributed by atoms with Crippen LogP contribution >= 0.6 is 0 Å². The van der Waals surface area contributed by atoms with Crippen molar-refractivity contribution in [1.29, 1.82) is 0 Å². The van der Waals surface area contributed by atoms with Crippen LogP contribution < -0.4 is 19.1 Å². The molecule has 224 valence electrons. The number of hydrogen-bond acceptors (Lipinski definition) is 6. The fraction of sp³-hybridized carbons (Fsp3) is 0.375. The second-order valence-corrected chi connectivity index (χ2v) is 12.3. The van der Waals surface area contributed by atoms with Crippen molar-refractivity contribution in [3.05, 3.63) is 83.9 Å². The number of carbonyl (C=O) groups is 2. The van der Waals surface area contributed by atoms with Gasteiger partial charge in [0, 0.05) is 18.7 Å². The molecule has 4 rings (SSSR count). The van der Waals surface area contributed by atoms with Crippen molar-refractivity contribution in [3.63, 3.8) is 0 Å². The van der Waals surface area contributed by atoms with Crippen LogP contribution in [0.5, 0.6) is 11.5 Å². The predicted octanol–water partition coefficient (Wildman–Crippen LogP) is 4.68. The first-order chi connectivity index (χ1) is 20.1. The molecular weight excluding hydrogens is 554 g/mol. The molecule has 1 N–H and O–H groups in total. The van der Waals surface area contributed by atoms with Crippen LogP contribution in [0.3, 0.4) is 0 Å². The zero-order valence-electron chi connectivity index (χ0n) is 24.6. The van der Waals surface area contributed by atoms with Gasteiger partial charge in [0.1, 0.15) is 12.6 Å². The number of benzene rings is 3. The van der Waals surface area contributed by atoms with Gasteiger partial charge >= 0.3 is 0 Å². The average molecular weight is 594 g/mol. The molecule has 0 heterocycles. The molecule has 10 heteroatoms. The third-order valence-electron chi connectivity index (χ3n) is 7.74. The predicted molar refractivity (Wildman–Crippen MR) is 162 cm³/mol. The van der Waals surface area contributed by atoms with E-state index in [9.17, 15) is 18.0 Å². The number of nitrogens with one attached hydrogen (secondary N) is 1. The lowest BCUT2D eigenvalue weighted by Crippen LogP contribution is -2.52. The quantitative estimate of drug-likeness (QED) is 0.327. The van der Waals surface area contributed by atoms with Gasteiger partial charge in [0.05, 0.1) is 24.8 Å². The first kappa shape index (κ1) is 30.9. The molecule has 0 unspecified atom stereocenters. The van der Waals surface area contributed by atoms with Gasteiger partial charge in [0.15, 0.2) is 11.5 Å². The smallest absolute Gasteiger partial charge is 0.264 e. The number of hydrogen-bond donors (Lipinski definition) is 1. The largest absolute Gasteiger partial charge is 0.493 e. The minimum atomic E-state index is -4.18. The van der Waals surface area contributed by atoms with E-state index in [1.165, 1.54) is 37.3 Å². The van der Waals surface area contributed by atoms with E-state index in [2.05, 4.69) is 5.32 Å². The van der Waals surface area contributed by atoms with E-state index >= 15 is 0 Å². The van der Waals surface area contributed by atoms with E-state index in [0.29, 0.717) is 11.5 Å². The molecule has 1 atom stereocenters. The summed E-state index contributed by atoms with van der Waals surface area (Å²) in [6.45, 7) is 3.25. The molecule has 1 aliphatic rings. The summed E-state index contributed by atoms with van der Waals surface area (Å²) in [4.78, 5) is 29.0. The monoisotopic (exact) mass is 593 g/mol. The summed E-state index contributed by atoms with van der Waals surface area (Å²) in [6, 6.07) is 19.5. The van der Waals surface area contributed by atoms with Gasteiger partial charge in [-0.25, -0.2) is 8.42 Å². The van der Waals surface area contributed by atoms with Crippen LogP contribution in [0.15, 0.2) is 77.7 Å². The van der Waals surface area contributed by atoms with E-state index < -0.39 is 28.5 Å². The van der Waals surface area contributed by atoms with Gasteiger partial charge < -0.3 is 19.7 Å². The van der Waals surface area contributed by atoms with Crippen molar-refractivity contribution < 1.29 is 27.5 Å². The van der Waals surface area contributed by atoms with Crippen LogP contribution in [0.4, 0.5) is 5.69 Å². The Morgan fingerprint density at radius 1 is 0.929 bits per heavy atom. The van der Waals surface area contributed by atoms with Crippen LogP contribution in [-0.4, -0.2) is 58.0 Å². The van der Waals surface area contributed by atoms with Gasteiger partial charge in [-0.1, -0.05) is 55.3 Å². The maximum atomic E-state index is 14.2. The second-order valence-electron chi connectivity index (χ2n) is 10.5. The van der Waals surface area contributed by atoms with Gasteiger partial charge in [-0.3, -0.25) is 13.9 Å². The third-order valence-corrected chi connectivity index (χ3v) is 9.52. The number of amides is 2. The zero-order chi connectivity index (χ0) is 30.3. The van der Waals surface area contributed by atoms with E-state index in [1.54, 1.807) is 37.3 Å². The first-order valence-electron chi connectivity index (χ1n) is 14.1. The summed E-state index contributed by atoms with van der Waals surface area (Å²) in [5.41, 5.74) is 2.06. The molecular formula is C32H39N3O6S. The molecule has 0 aliphatic heterocycles. The Kier molecular flexibility index (Phi) is 10.1. The van der Waals surface area contributed by atoms with Crippen molar-refractivity contribution in [2.45, 2.75) is 63.1 Å². The Hall–Kier alpha value is -4.05. The number of anilines is 1. The van der Waals surface area contributed by atoms with Crippen LogP contribution in [0.2, 0.25) is 0 Å². The summed E-state index contributed by atoms with van der Waals surface area (Å²) >= 11 is 0. The van der Waals surface area contributed by atoms with E-state index in [-0.39, 0.29) is 29.1 Å². The Labute approximate surface area is 248 Å². The SMILES string of the molecule is COc1ccc(N(CC(=O)N(Cc2ccccc2C)[C@@H](C)C(=O)NC2CCCC2)S(=O)(=O)c2ccccc2)cc1OC. The molecule has 1 aliphatic carbocycles. The molecule has 0 aromatic heterocycles. The lowest BCUT2D eigenvalue weighted by atomic mass is 10.1. The van der Waals surface area contributed by atoms with Gasteiger partial charge in [-0.05, 0) is 62.1 Å². The zero-order valence-corrected chi connectivity index (χ0v) is 25.4. The molecule has 1 saturated carbocycles. The van der Waals surface area contributed by atoms with E-state index in [0.717, 1.165) is 41.1 Å². The van der Waals surface area contributed by atoms with Crippen molar-refractivity contribution in [2.75, 3.05) is 25.1 Å². The van der Waals surface area contributed by atoms with Gasteiger partial charge in [0.25, 0.3) is 10.0 Å². The number of nitrogens with zero attached hydrogens (tertiary/aromatic N) is 2. The summed E-state index contributed by atoms with van der Waals surface area (Å²) in [6.07, 6.45) is 3.94. The molecule has 0 bridgehead atoms. The van der Waals surface area contributed by atoms with Crippen molar-refractivity contribution in [2.24, 2.45) is 0 Å². The maximum absolute atomic E-state index is 14.2. The molecule has 3 aromatic rings. The third kappa shape index (κ3) is 7.05. The van der Waals surface area contributed by atoms with Crippen LogP contribution in [0.25, 0.3) is 0 Å². The summed E-state index contributed by atoms with van der Waals surface area (Å²) in [7, 11) is -1.24. The van der Waals surface area contributed by atoms with Crippen LogP contribution in [-0.2, 0) is 26.2 Å². The average Bonchev–Trinajstić information content (AvgIpc) is 3.52. The van der Waals surface area contributed by atoms with Gasteiger partial charge in [-0.15, -0.1) is 0 Å². The van der Waals surface area contributed by atoms with Crippen molar-refractivity contribution in [1.82, 2.24) is 10.2 Å². The summed E-state index contributed by atoms with van der Waals surface area (Å²) in [5.74, 6) is -0.0335. The number of rotatable bonds is 12. The summed E-state index contributed by atoms with van der Waals surface area (Å²) < 4.78 is 39.8. The fourth-order valence-corrected chi connectivity index (χ4v) is 6.60. The Balaban J connectivity index is 1.73. The van der Waals surface area contributed by atoms with Crippen LogP contribution in [0, 0.1) is 6.92 Å². The number of sulfonamides is 1. The van der Waals surface area contributed by atoms with E-state index in [4.69, 9.17) is 9.47 Å². The fourth-order valence-electron chi connectivity index (χ4n) is 5.17. The lowest BCUT2D eigenvalue weighted by molar-refractivity contribution is -0.139. The minimum Gasteiger partial charge on any atom is -0.493 e. The molecule has 1 fully saturated rings. The molecule has 3 aromatic carbocycles. The molecule has 0 radical (unpaired) electrons. The lowest BCUT2D eigenvalue weighted by Gasteiger charge is -2.33. The minimum absolute atomic E-state index is 0.0325. The number of aryl methyl sites for hydroxylation is 1. The molecule has 9 nitrogen and oxygen atoms in total. The second kappa shape index (κ2) is 13.7. The highest BCUT2D eigenvalue weighted by Crippen LogP contribution is 2.34. The highest BCUT2D eigenvalue weighted by molar-refractivity contribution is 7.92. The number of ether oxygens (including phenoxy) is 2. The summed E-state index contributed by atoms with van der Waals surface area (Å²) in [5, 5.41) is 3.09. The van der Waals surface area contributed by atoms with Gasteiger partial charge in [0.2, 0.25) is 11.8 Å². The van der Waals surface area contributed by atoms with Crippen molar-refractivity contribution in [3.8, 4) is 11.5 Å². The topological polar surface area (TPSA) is 105 Å².